The Hall–Kier alpha value is -2.38. The fourth-order valence-electron chi connectivity index (χ4n) is 4.87. The van der Waals surface area contributed by atoms with E-state index in [9.17, 15) is 9.90 Å². The zero-order chi connectivity index (χ0) is 20.2. The summed E-state index contributed by atoms with van der Waals surface area (Å²) in [7, 11) is 3.02. The van der Waals surface area contributed by atoms with E-state index < -0.39 is 17.7 Å². The Morgan fingerprint density at radius 3 is 2.83 bits per heavy atom. The van der Waals surface area contributed by atoms with Gasteiger partial charge in [0, 0.05) is 36.3 Å². The number of aromatic nitrogens is 1. The molecule has 3 atom stereocenters. The van der Waals surface area contributed by atoms with Gasteiger partial charge in [-0.05, 0) is 31.0 Å². The predicted octanol–water partition coefficient (Wildman–Crippen LogP) is 2.60. The van der Waals surface area contributed by atoms with Gasteiger partial charge >= 0.3 is 5.97 Å². The minimum Gasteiger partial charge on any atom is -0.497 e. The summed E-state index contributed by atoms with van der Waals surface area (Å²) in [6.07, 6.45) is 3.53. The number of aliphatic hydroxyl groups excluding tert-OH is 1. The molecule has 0 radical (unpaired) electrons. The number of pyridine rings is 1. The first-order valence-corrected chi connectivity index (χ1v) is 10.2. The molecular formula is C22H26N2O5. The summed E-state index contributed by atoms with van der Waals surface area (Å²) in [6, 6.07) is 5.33. The van der Waals surface area contributed by atoms with E-state index in [1.54, 1.807) is 7.11 Å². The Morgan fingerprint density at radius 2 is 2.14 bits per heavy atom. The molecule has 3 aliphatic rings. The van der Waals surface area contributed by atoms with Gasteiger partial charge in [-0.25, -0.2) is 4.98 Å². The van der Waals surface area contributed by atoms with Gasteiger partial charge in [-0.15, -0.1) is 0 Å². The molecule has 1 aromatic carbocycles. The van der Waals surface area contributed by atoms with E-state index in [4.69, 9.17) is 19.2 Å². The van der Waals surface area contributed by atoms with Gasteiger partial charge in [-0.1, -0.05) is 6.42 Å². The van der Waals surface area contributed by atoms with E-state index in [-0.39, 0.29) is 5.97 Å². The Morgan fingerprint density at radius 1 is 1.31 bits per heavy atom. The van der Waals surface area contributed by atoms with Crippen molar-refractivity contribution >= 4 is 16.9 Å². The summed E-state index contributed by atoms with van der Waals surface area (Å²) in [4.78, 5) is 17.0. The van der Waals surface area contributed by atoms with E-state index in [0.29, 0.717) is 31.1 Å². The van der Waals surface area contributed by atoms with Gasteiger partial charge in [-0.2, -0.15) is 0 Å². The lowest BCUT2D eigenvalue weighted by atomic mass is 9.79. The number of ether oxygens (including phenoxy) is 3. The van der Waals surface area contributed by atoms with Gasteiger partial charge in [0.25, 0.3) is 0 Å². The van der Waals surface area contributed by atoms with E-state index in [0.717, 1.165) is 40.8 Å². The van der Waals surface area contributed by atoms with E-state index >= 15 is 0 Å². The van der Waals surface area contributed by atoms with Gasteiger partial charge in [0.05, 0.1) is 31.5 Å². The highest BCUT2D eigenvalue weighted by Gasteiger charge is 2.50. The number of fused-ring (bicyclic) bond motifs is 3. The standard InChI is InChI=1S/C22H26N2O5/c1-27-13-6-7-15-14(8-13)18-17(25)10-22(9-16(23-11-22)21(26)28-2)29-20(18)19(24-15)12-4-3-5-12/h6-8,12,16-17,23,25H,3-5,9-11H2,1-2H3. The molecule has 1 aliphatic carbocycles. The molecule has 2 fully saturated rings. The van der Waals surface area contributed by atoms with E-state index in [1.807, 2.05) is 18.2 Å². The number of hydrogen-bond donors (Lipinski definition) is 2. The molecule has 1 aromatic heterocycles. The molecule has 154 valence electrons. The van der Waals surface area contributed by atoms with Crippen molar-refractivity contribution in [2.75, 3.05) is 20.8 Å². The predicted molar refractivity (Wildman–Crippen MR) is 106 cm³/mol. The van der Waals surface area contributed by atoms with Crippen molar-refractivity contribution in [1.29, 1.82) is 0 Å². The Bertz CT molecular complexity index is 973. The normalized spacial score (nSPS) is 28.7. The summed E-state index contributed by atoms with van der Waals surface area (Å²) < 4.78 is 16.9. The summed E-state index contributed by atoms with van der Waals surface area (Å²) >= 11 is 0. The van der Waals surface area contributed by atoms with Crippen LogP contribution in [0.4, 0.5) is 0 Å². The number of carbonyl (C=O) groups excluding carboxylic acids is 1. The molecule has 7 heteroatoms. The first-order valence-electron chi connectivity index (χ1n) is 10.2. The first kappa shape index (κ1) is 18.6. The van der Waals surface area contributed by atoms with E-state index in [1.165, 1.54) is 13.5 Å². The molecule has 0 amide bonds. The number of esters is 1. The molecule has 1 spiro atoms. The molecule has 0 bridgehead atoms. The zero-order valence-corrected chi connectivity index (χ0v) is 16.7. The highest BCUT2D eigenvalue weighted by molar-refractivity contribution is 5.87. The monoisotopic (exact) mass is 398 g/mol. The molecule has 29 heavy (non-hydrogen) atoms. The lowest BCUT2D eigenvalue weighted by molar-refractivity contribution is -0.143. The van der Waals surface area contributed by atoms with Gasteiger partial charge in [0.15, 0.2) is 0 Å². The molecule has 1 saturated heterocycles. The fraction of sp³-hybridized carbons (Fsp3) is 0.545. The maximum absolute atomic E-state index is 12.0. The third-order valence-corrected chi connectivity index (χ3v) is 6.65. The number of nitrogens with zero attached hydrogens (tertiary/aromatic N) is 1. The average Bonchev–Trinajstić information content (AvgIpc) is 3.08. The van der Waals surface area contributed by atoms with Crippen molar-refractivity contribution in [3.63, 3.8) is 0 Å². The second-order valence-electron chi connectivity index (χ2n) is 8.42. The van der Waals surface area contributed by atoms with Crippen LogP contribution < -0.4 is 14.8 Å². The topological polar surface area (TPSA) is 89.9 Å². The smallest absolute Gasteiger partial charge is 0.323 e. The third-order valence-electron chi connectivity index (χ3n) is 6.65. The molecule has 3 unspecified atom stereocenters. The van der Waals surface area contributed by atoms with E-state index in [2.05, 4.69) is 5.32 Å². The number of benzene rings is 1. The first-order chi connectivity index (χ1) is 14.0. The summed E-state index contributed by atoms with van der Waals surface area (Å²) in [5.74, 6) is 1.47. The number of hydrogen-bond acceptors (Lipinski definition) is 7. The highest BCUT2D eigenvalue weighted by atomic mass is 16.5. The minimum atomic E-state index is -0.701. The average molecular weight is 398 g/mol. The summed E-state index contributed by atoms with van der Waals surface area (Å²) in [5.41, 5.74) is 1.94. The van der Waals surface area contributed by atoms with Gasteiger partial charge < -0.3 is 24.6 Å². The summed E-state index contributed by atoms with van der Waals surface area (Å²) in [5, 5.41) is 15.3. The van der Waals surface area contributed by atoms with Crippen molar-refractivity contribution in [3.8, 4) is 11.5 Å². The van der Waals surface area contributed by atoms with Gasteiger partial charge in [0.1, 0.15) is 23.1 Å². The second-order valence-corrected chi connectivity index (χ2v) is 8.42. The maximum atomic E-state index is 12.0. The summed E-state index contributed by atoms with van der Waals surface area (Å²) in [6.45, 7) is 0.490. The molecular weight excluding hydrogens is 372 g/mol. The Balaban J connectivity index is 1.62. The van der Waals surface area contributed by atoms with Crippen LogP contribution in [-0.4, -0.2) is 48.5 Å². The number of methoxy groups -OCH3 is 2. The third kappa shape index (κ3) is 2.95. The molecule has 1 saturated carbocycles. The molecule has 2 N–H and O–H groups in total. The van der Waals surface area contributed by atoms with Crippen molar-refractivity contribution in [1.82, 2.24) is 10.3 Å². The molecule has 7 nitrogen and oxygen atoms in total. The fourth-order valence-corrected chi connectivity index (χ4v) is 4.87. The van der Waals surface area contributed by atoms with Crippen molar-refractivity contribution in [2.45, 2.75) is 55.8 Å². The second kappa shape index (κ2) is 6.85. The number of carbonyl (C=O) groups is 1. The number of rotatable bonds is 3. The van der Waals surface area contributed by atoms with Crippen molar-refractivity contribution in [3.05, 3.63) is 29.5 Å². The van der Waals surface area contributed by atoms with Crippen LogP contribution in [0.5, 0.6) is 11.5 Å². The SMILES string of the molecule is COC(=O)C1CC2(CN1)CC(O)c1c(c(C3CCC3)nc3ccc(OC)cc13)O2. The lowest BCUT2D eigenvalue weighted by Gasteiger charge is -2.40. The van der Waals surface area contributed by atoms with Crippen LogP contribution >= 0.6 is 0 Å². The van der Waals surface area contributed by atoms with Crippen molar-refractivity contribution in [2.24, 2.45) is 0 Å². The number of aliphatic hydroxyl groups is 1. The van der Waals surface area contributed by atoms with Gasteiger partial charge in [0.2, 0.25) is 0 Å². The highest BCUT2D eigenvalue weighted by Crippen LogP contribution is 2.51. The zero-order valence-electron chi connectivity index (χ0n) is 16.7. The van der Waals surface area contributed by atoms with Crippen molar-refractivity contribution < 1.29 is 24.1 Å². The largest absolute Gasteiger partial charge is 0.497 e. The molecule has 3 heterocycles. The molecule has 5 rings (SSSR count). The van der Waals surface area contributed by atoms with Crippen LogP contribution in [0, 0.1) is 0 Å². The van der Waals surface area contributed by atoms with Crippen LogP contribution in [0.2, 0.25) is 0 Å². The molecule has 2 aliphatic heterocycles. The molecule has 2 aromatic rings. The minimum absolute atomic E-state index is 0.300. The lowest BCUT2D eigenvalue weighted by Crippen LogP contribution is -2.43. The van der Waals surface area contributed by atoms with Crippen LogP contribution in [0.15, 0.2) is 18.2 Å². The van der Waals surface area contributed by atoms with Gasteiger partial charge in [-0.3, -0.25) is 4.79 Å². The van der Waals surface area contributed by atoms with Crippen LogP contribution in [0.25, 0.3) is 10.9 Å². The Kier molecular flexibility index (Phi) is 4.40. The number of nitrogens with one attached hydrogen (secondary N) is 1. The quantitative estimate of drug-likeness (QED) is 0.768. The van der Waals surface area contributed by atoms with Crippen LogP contribution in [0.3, 0.4) is 0 Å². The Labute approximate surface area is 169 Å². The maximum Gasteiger partial charge on any atom is 0.323 e. The van der Waals surface area contributed by atoms with Crippen LogP contribution in [-0.2, 0) is 9.53 Å². The van der Waals surface area contributed by atoms with Crippen LogP contribution in [0.1, 0.15) is 55.4 Å².